The van der Waals surface area contributed by atoms with Gasteiger partial charge in [0.25, 0.3) is 0 Å². The monoisotopic (exact) mass is 339 g/mol. The minimum atomic E-state index is -0.249. The van der Waals surface area contributed by atoms with Crippen LogP contribution in [0.25, 0.3) is 0 Å². The minimum Gasteiger partial charge on any atom is -0.445 e. The van der Waals surface area contributed by atoms with Gasteiger partial charge in [-0.2, -0.15) is 0 Å². The first-order valence-corrected chi connectivity index (χ1v) is 8.83. The van der Waals surface area contributed by atoms with E-state index in [1.165, 1.54) is 0 Å². The Bertz CT molecular complexity index is 688. The first-order valence-electron chi connectivity index (χ1n) is 8.83. The summed E-state index contributed by atoms with van der Waals surface area (Å²) in [6, 6.07) is 13.9. The number of nitrogens with zero attached hydrogens (tertiary/aromatic N) is 3. The molecule has 1 atom stereocenters. The zero-order chi connectivity index (χ0) is 17.6. The van der Waals surface area contributed by atoms with Crippen molar-refractivity contribution in [2.24, 2.45) is 0 Å². The molecule has 0 radical (unpaired) electrons. The first kappa shape index (κ1) is 17.3. The molecule has 132 valence electrons. The lowest BCUT2D eigenvalue weighted by molar-refractivity contribution is 0.0920. The predicted octanol–water partition coefficient (Wildman–Crippen LogP) is 4.01. The molecule has 5 heteroatoms. The van der Waals surface area contributed by atoms with Crippen LogP contribution in [0.1, 0.15) is 36.9 Å². The topological polar surface area (TPSA) is 45.7 Å². The van der Waals surface area contributed by atoms with Gasteiger partial charge in [-0.1, -0.05) is 36.4 Å². The van der Waals surface area contributed by atoms with E-state index in [9.17, 15) is 4.79 Å². The van der Waals surface area contributed by atoms with Crippen molar-refractivity contribution in [1.29, 1.82) is 0 Å². The average Bonchev–Trinajstić information content (AvgIpc) is 3.16. The van der Waals surface area contributed by atoms with Gasteiger partial charge in [0.05, 0.1) is 6.04 Å². The normalized spacial score (nSPS) is 16.7. The summed E-state index contributed by atoms with van der Waals surface area (Å²) in [6.07, 6.45) is 3.57. The summed E-state index contributed by atoms with van der Waals surface area (Å²) in [4.78, 5) is 20.9. The van der Waals surface area contributed by atoms with E-state index in [0.717, 1.165) is 42.9 Å². The number of aromatic nitrogens is 1. The van der Waals surface area contributed by atoms with Crippen molar-refractivity contribution in [2.75, 3.05) is 25.0 Å². The highest BCUT2D eigenvalue weighted by Crippen LogP contribution is 2.32. The van der Waals surface area contributed by atoms with Crippen molar-refractivity contribution in [3.05, 3.63) is 59.8 Å². The fourth-order valence-electron chi connectivity index (χ4n) is 3.12. The maximum absolute atomic E-state index is 12.5. The van der Waals surface area contributed by atoms with E-state index in [1.807, 2.05) is 54.5 Å². The van der Waals surface area contributed by atoms with Crippen LogP contribution in [0.2, 0.25) is 0 Å². The van der Waals surface area contributed by atoms with Gasteiger partial charge in [0.1, 0.15) is 12.4 Å². The maximum atomic E-state index is 12.5. The third-order valence-electron chi connectivity index (χ3n) is 4.71. The van der Waals surface area contributed by atoms with Crippen molar-refractivity contribution < 1.29 is 9.53 Å². The van der Waals surface area contributed by atoms with Crippen molar-refractivity contribution in [1.82, 2.24) is 9.88 Å². The second-order valence-corrected chi connectivity index (χ2v) is 6.36. The molecule has 0 unspecified atom stereocenters. The standard InChI is InChI=1S/C20H25N3O2/c1-3-22(2)19-12-11-17(14-21-19)18-10-7-13-23(18)20(24)25-15-16-8-5-4-6-9-16/h4-6,8-9,11-12,14,18H,3,7,10,13,15H2,1-2H3/t18-/m1/s1. The number of hydrogen-bond donors (Lipinski definition) is 0. The molecule has 0 bridgehead atoms. The average molecular weight is 339 g/mol. The van der Waals surface area contributed by atoms with Gasteiger partial charge in [-0.05, 0) is 37.0 Å². The van der Waals surface area contributed by atoms with Crippen LogP contribution in [0.15, 0.2) is 48.7 Å². The molecule has 0 N–H and O–H groups in total. The minimum absolute atomic E-state index is 0.0526. The number of carbonyl (C=O) groups excluding carboxylic acids is 1. The smallest absolute Gasteiger partial charge is 0.410 e. The molecule has 1 aliphatic rings. The van der Waals surface area contributed by atoms with Gasteiger partial charge in [0, 0.05) is 26.3 Å². The fraction of sp³-hybridized carbons (Fsp3) is 0.400. The van der Waals surface area contributed by atoms with Gasteiger partial charge in [-0.25, -0.2) is 9.78 Å². The van der Waals surface area contributed by atoms with E-state index in [4.69, 9.17) is 4.74 Å². The molecule has 2 heterocycles. The van der Waals surface area contributed by atoms with Gasteiger partial charge >= 0.3 is 6.09 Å². The third-order valence-corrected chi connectivity index (χ3v) is 4.71. The molecule has 0 spiro atoms. The van der Waals surface area contributed by atoms with E-state index in [2.05, 4.69) is 22.9 Å². The Morgan fingerprint density at radius 1 is 1.28 bits per heavy atom. The summed E-state index contributed by atoms with van der Waals surface area (Å²) in [5, 5.41) is 0. The molecule has 1 aromatic heterocycles. The van der Waals surface area contributed by atoms with Crippen LogP contribution in [0, 0.1) is 0 Å². The zero-order valence-corrected chi connectivity index (χ0v) is 14.9. The van der Waals surface area contributed by atoms with E-state index >= 15 is 0 Å². The van der Waals surface area contributed by atoms with E-state index in [-0.39, 0.29) is 12.1 Å². The van der Waals surface area contributed by atoms with Crippen LogP contribution in [0.5, 0.6) is 0 Å². The quantitative estimate of drug-likeness (QED) is 0.826. The van der Waals surface area contributed by atoms with Gasteiger partial charge < -0.3 is 14.5 Å². The van der Waals surface area contributed by atoms with Gasteiger partial charge in [0.2, 0.25) is 0 Å². The molecule has 3 rings (SSSR count). The summed E-state index contributed by atoms with van der Waals surface area (Å²) >= 11 is 0. The van der Waals surface area contributed by atoms with E-state index in [1.54, 1.807) is 0 Å². The Morgan fingerprint density at radius 3 is 2.76 bits per heavy atom. The Labute approximate surface area is 149 Å². The van der Waals surface area contributed by atoms with Crippen molar-refractivity contribution in [3.8, 4) is 0 Å². The van der Waals surface area contributed by atoms with Gasteiger partial charge in [-0.15, -0.1) is 0 Å². The van der Waals surface area contributed by atoms with Crippen LogP contribution in [0.4, 0.5) is 10.6 Å². The number of ether oxygens (including phenoxy) is 1. The van der Waals surface area contributed by atoms with Crippen LogP contribution in [-0.2, 0) is 11.3 Å². The summed E-state index contributed by atoms with van der Waals surface area (Å²) < 4.78 is 5.50. The lowest BCUT2D eigenvalue weighted by Crippen LogP contribution is -2.31. The molecule has 1 aliphatic heterocycles. The molecular formula is C20H25N3O2. The van der Waals surface area contributed by atoms with Crippen LogP contribution < -0.4 is 4.90 Å². The number of rotatable bonds is 5. The van der Waals surface area contributed by atoms with Crippen molar-refractivity contribution in [3.63, 3.8) is 0 Å². The number of anilines is 1. The van der Waals surface area contributed by atoms with Crippen molar-refractivity contribution >= 4 is 11.9 Å². The molecule has 1 aromatic carbocycles. The van der Waals surface area contributed by atoms with Gasteiger partial charge in [0.15, 0.2) is 0 Å². The summed E-state index contributed by atoms with van der Waals surface area (Å²) in [6.45, 7) is 4.04. The molecule has 0 aliphatic carbocycles. The Balaban J connectivity index is 1.64. The highest BCUT2D eigenvalue weighted by Gasteiger charge is 2.31. The maximum Gasteiger partial charge on any atom is 0.410 e. The molecule has 1 fully saturated rings. The number of hydrogen-bond acceptors (Lipinski definition) is 4. The summed E-state index contributed by atoms with van der Waals surface area (Å²) in [5.74, 6) is 0.947. The molecule has 1 amide bonds. The SMILES string of the molecule is CCN(C)c1ccc([C@H]2CCCN2C(=O)OCc2ccccc2)cn1. The number of pyridine rings is 1. The molecule has 5 nitrogen and oxygen atoms in total. The second-order valence-electron chi connectivity index (χ2n) is 6.36. The number of carbonyl (C=O) groups is 1. The van der Waals surface area contributed by atoms with Crippen LogP contribution in [-0.4, -0.2) is 36.1 Å². The Hall–Kier alpha value is -2.56. The molecule has 25 heavy (non-hydrogen) atoms. The molecule has 2 aromatic rings. The van der Waals surface area contributed by atoms with Crippen LogP contribution in [0.3, 0.4) is 0 Å². The molecular weight excluding hydrogens is 314 g/mol. The third kappa shape index (κ3) is 4.10. The van der Waals surface area contributed by atoms with E-state index < -0.39 is 0 Å². The lowest BCUT2D eigenvalue weighted by atomic mass is 10.1. The largest absolute Gasteiger partial charge is 0.445 e. The van der Waals surface area contributed by atoms with Crippen LogP contribution >= 0.6 is 0 Å². The highest BCUT2D eigenvalue weighted by molar-refractivity contribution is 5.68. The van der Waals surface area contributed by atoms with E-state index in [0.29, 0.717) is 6.61 Å². The molecule has 0 saturated carbocycles. The summed E-state index contributed by atoms with van der Waals surface area (Å²) in [5.41, 5.74) is 2.07. The number of benzene rings is 1. The second kappa shape index (κ2) is 8.01. The predicted molar refractivity (Wildman–Crippen MR) is 98.5 cm³/mol. The highest BCUT2D eigenvalue weighted by atomic mass is 16.6. The Kier molecular flexibility index (Phi) is 5.53. The number of amides is 1. The van der Waals surface area contributed by atoms with Crippen molar-refractivity contribution in [2.45, 2.75) is 32.4 Å². The Morgan fingerprint density at radius 2 is 2.08 bits per heavy atom. The molecule has 1 saturated heterocycles. The lowest BCUT2D eigenvalue weighted by Gasteiger charge is -2.25. The fourth-order valence-corrected chi connectivity index (χ4v) is 3.12. The number of likely N-dealkylation sites (tertiary alicyclic amines) is 1. The van der Waals surface area contributed by atoms with Gasteiger partial charge in [-0.3, -0.25) is 0 Å². The zero-order valence-electron chi connectivity index (χ0n) is 14.9. The first-order chi connectivity index (χ1) is 12.2. The summed E-state index contributed by atoms with van der Waals surface area (Å²) in [7, 11) is 2.02.